The van der Waals surface area contributed by atoms with E-state index in [4.69, 9.17) is 0 Å². The summed E-state index contributed by atoms with van der Waals surface area (Å²) >= 11 is 3.27. The summed E-state index contributed by atoms with van der Waals surface area (Å²) < 4.78 is 0. The third kappa shape index (κ3) is 11.8. The second-order valence-electron chi connectivity index (χ2n) is 23.7. The predicted octanol–water partition coefficient (Wildman–Crippen LogP) is 1.18. The first kappa shape index (κ1) is 57.4. The summed E-state index contributed by atoms with van der Waals surface area (Å²) in [6, 6.07) is 10.2. The molecule has 7 aliphatic rings. The van der Waals surface area contributed by atoms with Gasteiger partial charge in [0.1, 0.15) is 24.2 Å². The van der Waals surface area contributed by atoms with Crippen LogP contribution in [0.2, 0.25) is 0 Å². The van der Waals surface area contributed by atoms with Crippen molar-refractivity contribution in [1.29, 1.82) is 0 Å². The van der Waals surface area contributed by atoms with Crippen LogP contribution in [0.4, 0.5) is 0 Å². The number of benzene rings is 2. The lowest BCUT2D eigenvalue weighted by Crippen LogP contribution is -2.58. The average molecular weight is 1110 g/mol. The molecular weight excluding hydrogens is 1030 g/mol. The fourth-order valence-corrected chi connectivity index (χ4v) is 16.0. The van der Waals surface area contributed by atoms with Gasteiger partial charge in [-0.1, -0.05) is 76.2 Å². The molecule has 8 N–H and O–H groups in total. The molecule has 0 aromatic heterocycles. The number of hydrogen-bond acceptors (Lipinski definition) is 14. The molecular formula is C56H80N12O8S2. The molecule has 8 amide bonds. The summed E-state index contributed by atoms with van der Waals surface area (Å²) in [6.07, 6.45) is 3.04. The van der Waals surface area contributed by atoms with Crippen molar-refractivity contribution in [3.8, 4) is 0 Å². The van der Waals surface area contributed by atoms with Gasteiger partial charge in [-0.2, -0.15) is 0 Å². The summed E-state index contributed by atoms with van der Waals surface area (Å²) in [5, 5.41) is 24.1. The van der Waals surface area contributed by atoms with Crippen molar-refractivity contribution in [3.63, 3.8) is 0 Å². The van der Waals surface area contributed by atoms with E-state index in [1.54, 1.807) is 61.3 Å². The molecule has 0 unspecified atom stereocenters. The first-order valence-electron chi connectivity index (χ1n) is 27.8. The number of likely N-dealkylation sites (N-methyl/N-ethyl adjacent to an activating group) is 2. The predicted molar refractivity (Wildman–Crippen MR) is 299 cm³/mol. The van der Waals surface area contributed by atoms with E-state index >= 15 is 0 Å². The Hall–Kier alpha value is -5.26. The molecule has 0 radical (unpaired) electrons. The third-order valence-electron chi connectivity index (χ3n) is 17.5. The smallest absolute Gasteiger partial charge is 0.246 e. The van der Waals surface area contributed by atoms with Gasteiger partial charge in [-0.05, 0) is 111 Å². The van der Waals surface area contributed by atoms with Crippen molar-refractivity contribution in [2.75, 3.05) is 65.1 Å². The largest absolute Gasteiger partial charge is 0.347 e. The first-order valence-corrected chi connectivity index (χ1v) is 29.9. The number of fused-ring (bicyclic) bond motifs is 4. The Morgan fingerprint density at radius 1 is 0.564 bits per heavy atom. The molecule has 0 saturated carbocycles. The highest BCUT2D eigenvalue weighted by Crippen LogP contribution is 2.49. The molecule has 9 rings (SSSR count). The van der Waals surface area contributed by atoms with Crippen molar-refractivity contribution in [3.05, 3.63) is 70.8 Å². The zero-order chi connectivity index (χ0) is 55.8. The maximum atomic E-state index is 14.7. The monoisotopic (exact) mass is 1110 g/mol. The average Bonchev–Trinajstić information content (AvgIpc) is 4.19. The van der Waals surface area contributed by atoms with Gasteiger partial charge in [0.15, 0.2) is 0 Å². The number of hydrogen-bond donors (Lipinski definition) is 8. The minimum absolute atomic E-state index is 0.183. The molecule has 2 aromatic carbocycles. The second-order valence-corrected chi connectivity index (χ2v) is 26.3. The molecule has 0 spiro atoms. The van der Waals surface area contributed by atoms with Crippen LogP contribution in [0.3, 0.4) is 0 Å². The Labute approximate surface area is 466 Å². The van der Waals surface area contributed by atoms with E-state index in [9.17, 15) is 38.4 Å². The molecule has 5 aliphatic heterocycles. The summed E-state index contributed by atoms with van der Waals surface area (Å²) in [5.41, 5.74) is 2.58. The zero-order valence-corrected chi connectivity index (χ0v) is 48.0. The highest BCUT2D eigenvalue weighted by atomic mass is 32.2. The molecule has 5 heterocycles. The number of carbonyl (C=O) groups excluding carboxylic acids is 8. The van der Waals surface area contributed by atoms with Crippen molar-refractivity contribution in [2.45, 2.75) is 139 Å². The van der Waals surface area contributed by atoms with Crippen LogP contribution in [-0.4, -0.2) is 179 Å². The lowest BCUT2D eigenvalue weighted by atomic mass is 9.83. The zero-order valence-electron chi connectivity index (χ0n) is 46.3. The van der Waals surface area contributed by atoms with E-state index < -0.39 is 71.0 Å². The number of nitrogens with zero attached hydrogens (tertiary/aromatic N) is 4. The maximum absolute atomic E-state index is 14.7. The SMILES string of the molecule is CN[C@@H](C)C(=O)N[C@H]1CCS[C@H]2CC(C)(C)[C@@H](C(=O)N[C@H]3c4ccccc4C[C@H]3C(=O)NCN3CCN(CNC(=O)[C@@H]4Cc5ccccc5[C@@H]4NC(=O)[C@H]4N5C(=O)[C@@H](NC(=O)[C@H](C)NC)CCS[C@H]5CC4(C)C)CC3)N2C1=O. The van der Waals surface area contributed by atoms with Gasteiger partial charge in [-0.25, -0.2) is 0 Å². The quantitative estimate of drug-likeness (QED) is 0.118. The van der Waals surface area contributed by atoms with E-state index in [0.717, 1.165) is 22.3 Å². The molecule has 78 heavy (non-hydrogen) atoms. The Balaban J connectivity index is 0.788. The van der Waals surface area contributed by atoms with Crippen LogP contribution < -0.4 is 42.5 Å². The molecule has 5 fully saturated rings. The van der Waals surface area contributed by atoms with Gasteiger partial charge in [0, 0.05) is 26.2 Å². The fraction of sp³-hybridized carbons (Fsp3) is 0.643. The molecule has 5 saturated heterocycles. The third-order valence-corrected chi connectivity index (χ3v) is 20.0. The summed E-state index contributed by atoms with van der Waals surface area (Å²) in [6.45, 7) is 14.6. The van der Waals surface area contributed by atoms with Crippen LogP contribution in [0, 0.1) is 22.7 Å². The van der Waals surface area contributed by atoms with Crippen molar-refractivity contribution < 1.29 is 38.4 Å². The number of thioether (sulfide) groups is 2. The Morgan fingerprint density at radius 2 is 0.936 bits per heavy atom. The normalized spacial score (nSPS) is 30.1. The van der Waals surface area contributed by atoms with Gasteiger partial charge in [0.25, 0.3) is 0 Å². The molecule has 12 atom stereocenters. The van der Waals surface area contributed by atoms with E-state index in [0.29, 0.717) is 89.5 Å². The number of nitrogens with one attached hydrogen (secondary N) is 8. The Kier molecular flexibility index (Phi) is 17.5. The standard InChI is InChI=1S/C56H80N12O8S2/c1-31(57-7)47(69)61-39-17-23-77-41-27-55(3,4)45(67(41)53(39)75)51(73)63-43-35-15-11-9-13-33(35)25-37(43)49(71)59-29-65-19-21-66(22-20-65)30-60-50(72)38-26-34-14-10-12-16-36(34)44(38)64-52(74)46-56(5,6)28-42-68(46)54(76)40(18-24-78-42)62-48(70)32(2)58-8/h9-16,31-32,37-46,57-58H,17-30H2,1-8H3,(H,59,71)(H,60,72)(H,61,69)(H,62,70)(H,63,73)(H,64,74)/t31-,32-,37+,38+,39-,40-,41-,42-,43-,44-,45+,46+/m0/s1. The molecule has 424 valence electrons. The van der Waals surface area contributed by atoms with E-state index in [-0.39, 0.29) is 58.0 Å². The first-order chi connectivity index (χ1) is 37.2. The molecule has 0 bridgehead atoms. The lowest BCUT2D eigenvalue weighted by molar-refractivity contribution is -0.144. The maximum Gasteiger partial charge on any atom is 0.246 e. The minimum Gasteiger partial charge on any atom is -0.347 e. The second kappa shape index (κ2) is 23.8. The number of amides is 8. The summed E-state index contributed by atoms with van der Waals surface area (Å²) in [7, 11) is 3.38. The Morgan fingerprint density at radius 3 is 1.31 bits per heavy atom. The Bertz CT molecular complexity index is 2460. The highest BCUT2D eigenvalue weighted by Gasteiger charge is 2.57. The van der Waals surface area contributed by atoms with Gasteiger partial charge < -0.3 is 52.3 Å². The van der Waals surface area contributed by atoms with Gasteiger partial charge in [0.2, 0.25) is 47.3 Å². The summed E-state index contributed by atoms with van der Waals surface area (Å²) in [4.78, 5) is 120. The topological polar surface area (TPSA) is 246 Å². The molecule has 2 aromatic rings. The van der Waals surface area contributed by atoms with Crippen molar-refractivity contribution in [2.24, 2.45) is 22.7 Å². The van der Waals surface area contributed by atoms with Crippen LogP contribution in [0.1, 0.15) is 102 Å². The fourth-order valence-electron chi connectivity index (χ4n) is 12.8. The van der Waals surface area contributed by atoms with Crippen LogP contribution in [0.15, 0.2) is 48.5 Å². The van der Waals surface area contributed by atoms with Crippen LogP contribution >= 0.6 is 23.5 Å². The van der Waals surface area contributed by atoms with Gasteiger partial charge in [0.05, 0.1) is 60.1 Å². The van der Waals surface area contributed by atoms with Crippen LogP contribution in [0.5, 0.6) is 0 Å². The molecule has 22 heteroatoms. The molecule has 2 aliphatic carbocycles. The van der Waals surface area contributed by atoms with Crippen LogP contribution in [0.25, 0.3) is 0 Å². The molecule has 20 nitrogen and oxygen atoms in total. The number of carbonyl (C=O) groups is 8. The number of piperazine rings is 1. The van der Waals surface area contributed by atoms with Crippen LogP contribution in [-0.2, 0) is 51.2 Å². The van der Waals surface area contributed by atoms with Gasteiger partial charge >= 0.3 is 0 Å². The lowest BCUT2D eigenvalue weighted by Gasteiger charge is -2.36. The minimum atomic E-state index is -0.810. The van der Waals surface area contributed by atoms with Crippen molar-refractivity contribution in [1.82, 2.24) is 62.1 Å². The van der Waals surface area contributed by atoms with Crippen molar-refractivity contribution >= 4 is 70.8 Å². The van der Waals surface area contributed by atoms with Gasteiger partial charge in [-0.15, -0.1) is 23.5 Å². The van der Waals surface area contributed by atoms with E-state index in [1.807, 2.05) is 76.2 Å². The number of rotatable bonds is 16. The van der Waals surface area contributed by atoms with E-state index in [1.165, 1.54) is 0 Å². The van der Waals surface area contributed by atoms with Gasteiger partial charge in [-0.3, -0.25) is 48.2 Å². The highest BCUT2D eigenvalue weighted by molar-refractivity contribution is 8.00. The summed E-state index contributed by atoms with van der Waals surface area (Å²) in [5.74, 6) is -1.93. The van der Waals surface area contributed by atoms with E-state index in [2.05, 4.69) is 52.3 Å².